The number of hydrogen-bond acceptors (Lipinski definition) is 3. The van der Waals surface area contributed by atoms with Crippen molar-refractivity contribution in [1.82, 2.24) is 19.2 Å². The van der Waals surface area contributed by atoms with E-state index in [4.69, 9.17) is 0 Å². The fourth-order valence-corrected chi connectivity index (χ4v) is 3.22. The Morgan fingerprint density at radius 2 is 1.92 bits per heavy atom. The maximum Gasteiger partial charge on any atom is 0.257 e. The first kappa shape index (κ1) is 16.3. The van der Waals surface area contributed by atoms with Gasteiger partial charge in [0.15, 0.2) is 0 Å². The second-order valence-corrected chi connectivity index (χ2v) is 6.39. The van der Waals surface area contributed by atoms with E-state index >= 15 is 0 Å². The van der Waals surface area contributed by atoms with Crippen molar-refractivity contribution in [1.29, 1.82) is 0 Å². The normalized spacial score (nSPS) is 13.5. The zero-order valence-corrected chi connectivity index (χ0v) is 14.2. The molecule has 0 saturated carbocycles. The van der Waals surface area contributed by atoms with E-state index in [2.05, 4.69) is 5.10 Å². The van der Waals surface area contributed by atoms with Crippen LogP contribution in [0.25, 0.3) is 5.69 Å². The first-order chi connectivity index (χ1) is 12.5. The highest BCUT2D eigenvalue weighted by molar-refractivity contribution is 5.93. The highest BCUT2D eigenvalue weighted by Crippen LogP contribution is 2.20. The van der Waals surface area contributed by atoms with E-state index in [1.807, 2.05) is 0 Å². The minimum absolute atomic E-state index is 0.0803. The van der Waals surface area contributed by atoms with Crippen molar-refractivity contribution >= 4 is 5.91 Å². The summed E-state index contributed by atoms with van der Waals surface area (Å²) in [4.78, 5) is 26.8. The number of carbonyl (C=O) groups is 1. The van der Waals surface area contributed by atoms with Gasteiger partial charge in [-0.3, -0.25) is 18.8 Å². The first-order valence-corrected chi connectivity index (χ1v) is 8.29. The van der Waals surface area contributed by atoms with Crippen molar-refractivity contribution in [3.8, 4) is 5.69 Å². The first-order valence-electron chi connectivity index (χ1n) is 8.29. The number of halogens is 1. The molecule has 26 heavy (non-hydrogen) atoms. The van der Waals surface area contributed by atoms with Crippen LogP contribution in [-0.2, 0) is 20.0 Å². The lowest BCUT2D eigenvalue weighted by Gasteiger charge is -2.29. The largest absolute Gasteiger partial charge is 0.334 e. The number of pyridine rings is 1. The lowest BCUT2D eigenvalue weighted by Crippen LogP contribution is -2.37. The van der Waals surface area contributed by atoms with E-state index < -0.39 is 0 Å². The van der Waals surface area contributed by atoms with E-state index in [0.29, 0.717) is 30.8 Å². The number of aromatic nitrogens is 3. The number of fused-ring (bicyclic) bond motifs is 1. The number of aryl methyl sites for hydroxylation is 1. The van der Waals surface area contributed by atoms with E-state index in [1.54, 1.807) is 53.4 Å². The predicted octanol–water partition coefficient (Wildman–Crippen LogP) is 1.91. The predicted molar refractivity (Wildman–Crippen MR) is 93.6 cm³/mol. The van der Waals surface area contributed by atoms with Crippen LogP contribution in [0.5, 0.6) is 0 Å². The van der Waals surface area contributed by atoms with Gasteiger partial charge < -0.3 is 4.90 Å². The van der Waals surface area contributed by atoms with Crippen LogP contribution in [0, 0.1) is 5.82 Å². The van der Waals surface area contributed by atoms with Crippen LogP contribution in [0.1, 0.15) is 21.5 Å². The molecule has 0 fully saturated rings. The highest BCUT2D eigenvalue weighted by Gasteiger charge is 2.23. The second-order valence-electron chi connectivity index (χ2n) is 6.39. The van der Waals surface area contributed by atoms with Gasteiger partial charge in [-0.15, -0.1) is 0 Å². The van der Waals surface area contributed by atoms with Gasteiger partial charge in [0.05, 0.1) is 11.8 Å². The molecule has 6 nitrogen and oxygen atoms in total. The third-order valence-electron chi connectivity index (χ3n) is 4.59. The molecule has 0 atom stereocenters. The summed E-state index contributed by atoms with van der Waals surface area (Å²) in [6.07, 6.45) is 5.61. The van der Waals surface area contributed by atoms with Crippen molar-refractivity contribution in [3.63, 3.8) is 0 Å². The van der Waals surface area contributed by atoms with Gasteiger partial charge in [0.1, 0.15) is 5.82 Å². The summed E-state index contributed by atoms with van der Waals surface area (Å²) in [5.41, 5.74) is 2.83. The molecular weight excluding hydrogens is 335 g/mol. The standard InChI is InChI=1S/C19H17FN4O2/c1-22-10-14(9-21-22)19(26)23-7-6-13-8-18(25)24(12-15(13)11-23)17-4-2-16(20)3-5-17/h2-5,8-10,12H,6-7,11H2,1H3. The molecule has 0 bridgehead atoms. The molecule has 1 aliphatic heterocycles. The molecule has 0 saturated heterocycles. The van der Waals surface area contributed by atoms with Crippen LogP contribution >= 0.6 is 0 Å². The molecular formula is C19H17FN4O2. The summed E-state index contributed by atoms with van der Waals surface area (Å²) in [7, 11) is 1.77. The Balaban J connectivity index is 1.66. The molecule has 3 heterocycles. The van der Waals surface area contributed by atoms with E-state index in [9.17, 15) is 14.0 Å². The van der Waals surface area contributed by atoms with Crippen molar-refractivity contribution in [2.24, 2.45) is 7.05 Å². The lowest BCUT2D eigenvalue weighted by molar-refractivity contribution is 0.0734. The van der Waals surface area contributed by atoms with Gasteiger partial charge >= 0.3 is 0 Å². The summed E-state index contributed by atoms with van der Waals surface area (Å²) in [6, 6.07) is 7.36. The van der Waals surface area contributed by atoms with Gasteiger partial charge in [-0.1, -0.05) is 0 Å². The Hall–Kier alpha value is -3.22. The number of nitrogens with zero attached hydrogens (tertiary/aromatic N) is 4. The molecule has 2 aromatic heterocycles. The minimum atomic E-state index is -0.354. The molecule has 0 aliphatic carbocycles. The van der Waals surface area contributed by atoms with Crippen LogP contribution in [0.2, 0.25) is 0 Å². The van der Waals surface area contributed by atoms with E-state index in [1.165, 1.54) is 16.7 Å². The third-order valence-corrected chi connectivity index (χ3v) is 4.59. The molecule has 1 aliphatic rings. The zero-order chi connectivity index (χ0) is 18.3. The molecule has 0 spiro atoms. The van der Waals surface area contributed by atoms with Crippen molar-refractivity contribution in [2.45, 2.75) is 13.0 Å². The molecule has 0 unspecified atom stereocenters. The topological polar surface area (TPSA) is 60.1 Å². The number of rotatable bonds is 2. The molecule has 7 heteroatoms. The number of benzene rings is 1. The summed E-state index contributed by atoms with van der Waals surface area (Å²) in [6.45, 7) is 0.977. The van der Waals surface area contributed by atoms with Gasteiger partial charge in [-0.25, -0.2) is 4.39 Å². The average Bonchev–Trinajstić information content (AvgIpc) is 3.07. The van der Waals surface area contributed by atoms with Gasteiger partial charge in [0.25, 0.3) is 11.5 Å². The zero-order valence-electron chi connectivity index (χ0n) is 14.2. The van der Waals surface area contributed by atoms with E-state index in [0.717, 1.165) is 11.1 Å². The smallest absolute Gasteiger partial charge is 0.257 e. The highest BCUT2D eigenvalue weighted by atomic mass is 19.1. The summed E-state index contributed by atoms with van der Waals surface area (Å²) >= 11 is 0. The monoisotopic (exact) mass is 352 g/mol. The maximum atomic E-state index is 13.1. The Kier molecular flexibility index (Phi) is 3.91. The van der Waals surface area contributed by atoms with Crippen LogP contribution in [0.3, 0.4) is 0 Å². The molecule has 3 aromatic rings. The molecule has 1 aromatic carbocycles. The summed E-state index contributed by atoms with van der Waals surface area (Å²) < 4.78 is 16.2. The fourth-order valence-electron chi connectivity index (χ4n) is 3.22. The molecule has 0 radical (unpaired) electrons. The molecule has 1 amide bonds. The van der Waals surface area contributed by atoms with Crippen molar-refractivity contribution in [2.75, 3.05) is 6.54 Å². The Labute approximate surface area is 149 Å². The lowest BCUT2D eigenvalue weighted by atomic mass is 10.0. The Morgan fingerprint density at radius 1 is 1.15 bits per heavy atom. The molecule has 132 valence electrons. The van der Waals surface area contributed by atoms with Gasteiger partial charge in [-0.05, 0) is 41.8 Å². The van der Waals surface area contributed by atoms with E-state index in [-0.39, 0.29) is 17.3 Å². The number of amides is 1. The SMILES string of the molecule is Cn1cc(C(=O)N2CCc3cc(=O)n(-c4ccc(F)cc4)cc3C2)cn1. The molecule has 4 rings (SSSR count). The summed E-state index contributed by atoms with van der Waals surface area (Å²) in [5, 5.41) is 4.04. The van der Waals surface area contributed by atoms with Crippen LogP contribution in [0.4, 0.5) is 4.39 Å². The number of hydrogen-bond donors (Lipinski definition) is 0. The Morgan fingerprint density at radius 3 is 2.62 bits per heavy atom. The van der Waals surface area contributed by atoms with Gasteiger partial charge in [0, 0.05) is 44.3 Å². The van der Waals surface area contributed by atoms with Crippen LogP contribution in [0.15, 0.2) is 53.7 Å². The number of carbonyl (C=O) groups excluding carboxylic acids is 1. The van der Waals surface area contributed by atoms with Crippen LogP contribution < -0.4 is 5.56 Å². The molecule has 0 N–H and O–H groups in total. The van der Waals surface area contributed by atoms with Gasteiger partial charge in [0.2, 0.25) is 0 Å². The summed E-state index contributed by atoms with van der Waals surface area (Å²) in [5.74, 6) is -0.434. The quantitative estimate of drug-likeness (QED) is 0.708. The van der Waals surface area contributed by atoms with Crippen molar-refractivity contribution < 1.29 is 9.18 Å². The minimum Gasteiger partial charge on any atom is -0.334 e. The average molecular weight is 352 g/mol. The fraction of sp³-hybridized carbons (Fsp3) is 0.211. The van der Waals surface area contributed by atoms with Crippen molar-refractivity contribution in [3.05, 3.63) is 81.8 Å². The second kappa shape index (κ2) is 6.25. The maximum absolute atomic E-state index is 13.1. The Bertz CT molecular complexity index is 1040. The van der Waals surface area contributed by atoms with Crippen LogP contribution in [-0.4, -0.2) is 31.7 Å². The van der Waals surface area contributed by atoms with Gasteiger partial charge in [-0.2, -0.15) is 5.10 Å². The third kappa shape index (κ3) is 2.92.